The van der Waals surface area contributed by atoms with Gasteiger partial charge in [0, 0.05) is 35.7 Å². The maximum Gasteiger partial charge on any atom is 0.246 e. The van der Waals surface area contributed by atoms with Gasteiger partial charge in [0.15, 0.2) is 0 Å². The van der Waals surface area contributed by atoms with Crippen molar-refractivity contribution in [2.45, 2.75) is 65.6 Å². The number of hydrogen-bond donors (Lipinski definition) is 2. The number of carbonyl (C=O) groups is 2. The van der Waals surface area contributed by atoms with Crippen LogP contribution in [-0.4, -0.2) is 52.6 Å². The van der Waals surface area contributed by atoms with Gasteiger partial charge in [-0.25, -0.2) is 4.68 Å². The third-order valence-corrected chi connectivity index (χ3v) is 6.62. The maximum atomic E-state index is 13.7. The van der Waals surface area contributed by atoms with Crippen LogP contribution in [0, 0.1) is 0 Å². The Balaban J connectivity index is 1.49. The highest BCUT2D eigenvalue weighted by atomic mass is 16.5. The van der Waals surface area contributed by atoms with Crippen molar-refractivity contribution in [1.82, 2.24) is 25.6 Å². The first kappa shape index (κ1) is 29.0. The Bertz CT molecular complexity index is 1370. The topological polar surface area (TPSA) is 101 Å². The fourth-order valence-corrected chi connectivity index (χ4v) is 4.69. The Morgan fingerprint density at radius 1 is 1.02 bits per heavy atom. The number of rotatable bonds is 10. The van der Waals surface area contributed by atoms with Crippen LogP contribution in [0.15, 0.2) is 60.8 Å². The molecule has 2 amide bonds. The molecule has 0 radical (unpaired) electrons. The predicted octanol–water partition coefficient (Wildman–Crippen LogP) is 4.64. The summed E-state index contributed by atoms with van der Waals surface area (Å²) in [5, 5.41) is 15.2. The van der Waals surface area contributed by atoms with Crippen LogP contribution >= 0.6 is 0 Å². The smallest absolute Gasteiger partial charge is 0.246 e. The van der Waals surface area contributed by atoms with Gasteiger partial charge in [-0.15, -0.1) is 5.10 Å². The summed E-state index contributed by atoms with van der Waals surface area (Å²) >= 11 is 0. The number of aromatic nitrogens is 3. The minimum absolute atomic E-state index is 0.0268. The van der Waals surface area contributed by atoms with E-state index in [9.17, 15) is 9.59 Å². The van der Waals surface area contributed by atoms with Crippen LogP contribution in [-0.2, 0) is 26.4 Å². The van der Waals surface area contributed by atoms with Crippen molar-refractivity contribution in [2.75, 3.05) is 24.7 Å². The molecule has 9 heteroatoms. The van der Waals surface area contributed by atoms with E-state index in [0.29, 0.717) is 38.3 Å². The molecule has 0 saturated carbocycles. The average Bonchev–Trinajstić information content (AvgIpc) is 3.34. The number of nitrogens with zero attached hydrogens (tertiary/aromatic N) is 4. The van der Waals surface area contributed by atoms with Crippen LogP contribution in [0.2, 0.25) is 0 Å². The first-order valence-corrected chi connectivity index (χ1v) is 13.8. The van der Waals surface area contributed by atoms with Gasteiger partial charge in [-0.1, -0.05) is 54.3 Å². The highest BCUT2D eigenvalue weighted by Gasteiger charge is 2.31. The van der Waals surface area contributed by atoms with E-state index in [1.54, 1.807) is 0 Å². The Kier molecular flexibility index (Phi) is 9.04. The number of para-hydroxylation sites is 1. The maximum absolute atomic E-state index is 13.7. The number of carbonyl (C=O) groups excluding carboxylic acids is 2. The molecular weight excluding hydrogens is 504 g/mol. The van der Waals surface area contributed by atoms with Gasteiger partial charge in [-0.3, -0.25) is 9.59 Å². The van der Waals surface area contributed by atoms with Crippen LogP contribution in [0.25, 0.3) is 22.5 Å². The second kappa shape index (κ2) is 12.5. The largest absolute Gasteiger partial charge is 0.381 e. The standard InChI is InChI=1S/C31H40N6O3/c1-21(2)33-27(38)16-18-40-17-15-22(3)32-19-28(39)36-20-23-11-7-8-12-24(23)29-30(25-13-9-10-14-26(25)36)37(35-34-29)31(4,5)6/h7-14,21,32H,3,15-20H2,1-2,4-6H3,(H,33,38). The summed E-state index contributed by atoms with van der Waals surface area (Å²) in [7, 11) is 0. The van der Waals surface area contributed by atoms with Crippen LogP contribution in [0.3, 0.4) is 0 Å². The summed E-state index contributed by atoms with van der Waals surface area (Å²) in [4.78, 5) is 27.3. The number of hydrogen-bond acceptors (Lipinski definition) is 6. The third kappa shape index (κ3) is 6.77. The summed E-state index contributed by atoms with van der Waals surface area (Å²) in [5.74, 6) is -0.103. The van der Waals surface area contributed by atoms with E-state index in [2.05, 4.69) is 48.3 Å². The van der Waals surface area contributed by atoms with Crippen molar-refractivity contribution < 1.29 is 14.3 Å². The molecule has 0 fully saturated rings. The first-order chi connectivity index (χ1) is 19.1. The molecule has 40 heavy (non-hydrogen) atoms. The van der Waals surface area contributed by atoms with Crippen molar-refractivity contribution in [2.24, 2.45) is 0 Å². The third-order valence-electron chi connectivity index (χ3n) is 6.62. The molecule has 0 bridgehead atoms. The molecule has 0 atom stereocenters. The van der Waals surface area contributed by atoms with E-state index >= 15 is 0 Å². The molecule has 2 aromatic carbocycles. The molecule has 0 aliphatic carbocycles. The van der Waals surface area contributed by atoms with Crippen molar-refractivity contribution in [1.29, 1.82) is 0 Å². The lowest BCUT2D eigenvalue weighted by molar-refractivity contribution is -0.122. The first-order valence-electron chi connectivity index (χ1n) is 13.8. The summed E-state index contributed by atoms with van der Waals surface area (Å²) in [6.45, 7) is 15.5. The van der Waals surface area contributed by atoms with Gasteiger partial charge < -0.3 is 20.3 Å². The Hall–Kier alpha value is -3.98. The normalized spacial score (nSPS) is 12.6. The molecule has 1 aliphatic rings. The van der Waals surface area contributed by atoms with Gasteiger partial charge in [0.2, 0.25) is 11.8 Å². The van der Waals surface area contributed by atoms with E-state index in [0.717, 1.165) is 33.8 Å². The highest BCUT2D eigenvalue weighted by Crippen LogP contribution is 2.42. The lowest BCUT2D eigenvalue weighted by Crippen LogP contribution is -2.38. The van der Waals surface area contributed by atoms with Gasteiger partial charge in [0.05, 0.1) is 43.2 Å². The summed E-state index contributed by atoms with van der Waals surface area (Å²) in [6.07, 6.45) is 0.857. The monoisotopic (exact) mass is 544 g/mol. The quantitative estimate of drug-likeness (QED) is 0.361. The molecule has 1 aliphatic heterocycles. The Morgan fingerprint density at radius 2 is 1.70 bits per heavy atom. The number of nitrogens with one attached hydrogen (secondary N) is 2. The van der Waals surface area contributed by atoms with Gasteiger partial charge in [0.25, 0.3) is 0 Å². The van der Waals surface area contributed by atoms with Crippen LogP contribution in [0.5, 0.6) is 0 Å². The van der Waals surface area contributed by atoms with E-state index < -0.39 is 0 Å². The minimum Gasteiger partial charge on any atom is -0.381 e. The lowest BCUT2D eigenvalue weighted by Gasteiger charge is -2.30. The summed E-state index contributed by atoms with van der Waals surface area (Å²) in [6, 6.07) is 16.1. The summed E-state index contributed by atoms with van der Waals surface area (Å²) in [5.41, 5.74) is 5.80. The molecule has 212 valence electrons. The van der Waals surface area contributed by atoms with Gasteiger partial charge in [0.1, 0.15) is 5.69 Å². The zero-order valence-electron chi connectivity index (χ0n) is 24.2. The number of fused-ring (bicyclic) bond motifs is 5. The van der Waals surface area contributed by atoms with E-state index in [1.807, 2.05) is 72.0 Å². The zero-order valence-corrected chi connectivity index (χ0v) is 24.2. The number of amides is 2. The molecule has 0 spiro atoms. The minimum atomic E-state index is -0.309. The van der Waals surface area contributed by atoms with Gasteiger partial charge in [-0.05, 0) is 46.2 Å². The molecule has 9 nitrogen and oxygen atoms in total. The summed E-state index contributed by atoms with van der Waals surface area (Å²) < 4.78 is 7.53. The van der Waals surface area contributed by atoms with Crippen molar-refractivity contribution in [3.8, 4) is 22.5 Å². The van der Waals surface area contributed by atoms with Crippen molar-refractivity contribution in [3.05, 3.63) is 66.4 Å². The van der Waals surface area contributed by atoms with E-state index in [-0.39, 0.29) is 29.9 Å². The molecule has 2 N–H and O–H groups in total. The number of anilines is 1. The predicted molar refractivity (Wildman–Crippen MR) is 158 cm³/mol. The van der Waals surface area contributed by atoms with E-state index in [4.69, 9.17) is 4.74 Å². The Labute approximate surface area is 236 Å². The fraction of sp³-hybridized carbons (Fsp3) is 0.419. The molecule has 2 heterocycles. The molecule has 3 aromatic rings. The molecular formula is C31H40N6O3. The van der Waals surface area contributed by atoms with Gasteiger partial charge in [-0.2, -0.15) is 0 Å². The number of benzene rings is 2. The average molecular weight is 545 g/mol. The van der Waals surface area contributed by atoms with Crippen molar-refractivity contribution in [3.63, 3.8) is 0 Å². The highest BCUT2D eigenvalue weighted by molar-refractivity contribution is 6.01. The second-order valence-electron chi connectivity index (χ2n) is 11.3. The molecule has 4 rings (SSSR count). The SMILES string of the molecule is C=C(CCOCCC(=O)NC(C)C)NCC(=O)N1Cc2ccccc2-c2nnn(C(C)(C)C)c2-c2ccccc21. The molecule has 0 unspecified atom stereocenters. The lowest BCUT2D eigenvalue weighted by atomic mass is 9.94. The molecule has 1 aromatic heterocycles. The van der Waals surface area contributed by atoms with Crippen LogP contribution in [0.4, 0.5) is 5.69 Å². The van der Waals surface area contributed by atoms with Crippen molar-refractivity contribution >= 4 is 17.5 Å². The van der Waals surface area contributed by atoms with E-state index in [1.165, 1.54) is 0 Å². The zero-order chi connectivity index (χ0) is 28.9. The second-order valence-corrected chi connectivity index (χ2v) is 11.3. The molecule has 0 saturated heterocycles. The van der Waals surface area contributed by atoms with Gasteiger partial charge >= 0.3 is 0 Å². The number of ether oxygens (including phenoxy) is 1. The fourth-order valence-electron chi connectivity index (χ4n) is 4.69. The van der Waals surface area contributed by atoms with Crippen LogP contribution in [0.1, 0.15) is 53.0 Å². The Morgan fingerprint density at radius 3 is 2.42 bits per heavy atom. The van der Waals surface area contributed by atoms with Crippen LogP contribution < -0.4 is 15.5 Å².